The van der Waals surface area contributed by atoms with Crippen LogP contribution in [0.1, 0.15) is 59.8 Å². The van der Waals surface area contributed by atoms with Gasteiger partial charge in [-0.25, -0.2) is 0 Å². The molecule has 0 aliphatic heterocycles. The molecule has 0 heterocycles. The van der Waals surface area contributed by atoms with E-state index in [-0.39, 0.29) is 0 Å². The van der Waals surface area contributed by atoms with Crippen LogP contribution in [0.4, 0.5) is 0 Å². The fourth-order valence-electron chi connectivity index (χ4n) is 1.42. The fourth-order valence-corrected chi connectivity index (χ4v) is 1.42. The third-order valence-electron chi connectivity index (χ3n) is 3.13. The maximum absolute atomic E-state index is 5.44. The highest BCUT2D eigenvalue weighted by atomic mass is 14.9. The zero-order valence-corrected chi connectivity index (χ0v) is 11.1. The summed E-state index contributed by atoms with van der Waals surface area (Å²) in [5, 5.41) is 3.59. The maximum Gasteiger partial charge on any atom is 0.00872 e. The van der Waals surface area contributed by atoms with Gasteiger partial charge in [0.1, 0.15) is 0 Å². The van der Waals surface area contributed by atoms with Crippen molar-refractivity contribution in [3.05, 3.63) is 0 Å². The first kappa shape index (κ1) is 14.9. The lowest BCUT2D eigenvalue weighted by Gasteiger charge is -2.28. The lowest BCUT2D eigenvalue weighted by atomic mass is 9.88. The average molecular weight is 214 g/mol. The minimum absolute atomic E-state index is 0.375. The molecule has 3 N–H and O–H groups in total. The Morgan fingerprint density at radius 3 is 2.07 bits per heavy atom. The molecule has 0 bridgehead atoms. The van der Waals surface area contributed by atoms with Gasteiger partial charge in [-0.2, -0.15) is 0 Å². The van der Waals surface area contributed by atoms with Gasteiger partial charge in [-0.1, -0.05) is 40.0 Å². The Morgan fingerprint density at radius 2 is 1.53 bits per heavy atom. The number of nitrogens with two attached hydrogens (primary N) is 1. The highest BCUT2D eigenvalue weighted by Gasteiger charge is 2.18. The zero-order valence-electron chi connectivity index (χ0n) is 11.1. The second-order valence-corrected chi connectivity index (χ2v) is 5.60. The number of hydrogen-bond acceptors (Lipinski definition) is 2. The van der Waals surface area contributed by atoms with E-state index in [1.807, 2.05) is 0 Å². The molecular formula is C13H30N2. The Bertz CT molecular complexity index is 138. The molecule has 1 unspecified atom stereocenters. The summed E-state index contributed by atoms with van der Waals surface area (Å²) in [5.74, 6) is 0. The summed E-state index contributed by atoms with van der Waals surface area (Å²) in [7, 11) is 0. The Kier molecular flexibility index (Phi) is 8.07. The summed E-state index contributed by atoms with van der Waals surface area (Å²) < 4.78 is 0. The number of hydrogen-bond donors (Lipinski definition) is 2. The zero-order chi connectivity index (χ0) is 11.7. The molecule has 0 aromatic carbocycles. The van der Waals surface area contributed by atoms with Crippen molar-refractivity contribution in [3.63, 3.8) is 0 Å². The van der Waals surface area contributed by atoms with E-state index in [0.717, 1.165) is 13.1 Å². The molecule has 2 nitrogen and oxygen atoms in total. The molecule has 2 heteroatoms. The van der Waals surface area contributed by atoms with Crippen LogP contribution >= 0.6 is 0 Å². The highest BCUT2D eigenvalue weighted by molar-refractivity contribution is 4.75. The molecule has 1 atom stereocenters. The molecule has 0 saturated heterocycles. The number of nitrogens with one attached hydrogen (secondary N) is 1. The maximum atomic E-state index is 5.44. The van der Waals surface area contributed by atoms with E-state index in [0.29, 0.717) is 11.5 Å². The first-order valence-corrected chi connectivity index (χ1v) is 6.42. The molecule has 0 aliphatic carbocycles. The van der Waals surface area contributed by atoms with Crippen molar-refractivity contribution in [3.8, 4) is 0 Å². The second-order valence-electron chi connectivity index (χ2n) is 5.60. The summed E-state index contributed by atoms with van der Waals surface area (Å²) in [6, 6.07) is 0.599. The van der Waals surface area contributed by atoms with Gasteiger partial charge in [0.2, 0.25) is 0 Å². The predicted molar refractivity (Wildman–Crippen MR) is 69.1 cm³/mol. The van der Waals surface area contributed by atoms with Gasteiger partial charge in [-0.3, -0.25) is 0 Å². The van der Waals surface area contributed by atoms with Crippen molar-refractivity contribution in [1.29, 1.82) is 0 Å². The van der Waals surface area contributed by atoms with Crippen LogP contribution in [0.3, 0.4) is 0 Å². The lowest BCUT2D eigenvalue weighted by molar-refractivity contribution is 0.285. The monoisotopic (exact) mass is 214 g/mol. The molecule has 0 aromatic rings. The van der Waals surface area contributed by atoms with Crippen LogP contribution in [-0.2, 0) is 0 Å². The topological polar surface area (TPSA) is 38.0 Å². The molecule has 0 aromatic heterocycles. The van der Waals surface area contributed by atoms with Gasteiger partial charge in [-0.05, 0) is 38.3 Å². The normalized spacial score (nSPS) is 14.2. The van der Waals surface area contributed by atoms with E-state index in [1.54, 1.807) is 0 Å². The summed E-state index contributed by atoms with van der Waals surface area (Å²) >= 11 is 0. The summed E-state index contributed by atoms with van der Waals surface area (Å²) in [6.45, 7) is 11.1. The third-order valence-corrected chi connectivity index (χ3v) is 3.13. The van der Waals surface area contributed by atoms with E-state index in [1.165, 1.54) is 32.1 Å². The largest absolute Gasteiger partial charge is 0.330 e. The van der Waals surface area contributed by atoms with E-state index in [2.05, 4.69) is 33.0 Å². The minimum atomic E-state index is 0.375. The molecular weight excluding hydrogens is 184 g/mol. The standard InChI is InChI=1S/C13H30N2/c1-12(13(2,3)4)15-11-9-7-5-6-8-10-14/h12,15H,5-11,14H2,1-4H3. The van der Waals surface area contributed by atoms with Crippen LogP contribution < -0.4 is 11.1 Å². The second kappa shape index (κ2) is 8.12. The van der Waals surface area contributed by atoms with Crippen molar-refractivity contribution in [1.82, 2.24) is 5.32 Å². The van der Waals surface area contributed by atoms with Crippen LogP contribution in [0.5, 0.6) is 0 Å². The van der Waals surface area contributed by atoms with Crippen LogP contribution in [0.25, 0.3) is 0 Å². The molecule has 0 radical (unpaired) electrons. The molecule has 15 heavy (non-hydrogen) atoms. The first-order valence-electron chi connectivity index (χ1n) is 6.42. The van der Waals surface area contributed by atoms with Gasteiger partial charge >= 0.3 is 0 Å². The number of unbranched alkanes of at least 4 members (excludes halogenated alkanes) is 4. The molecule has 0 rings (SSSR count). The van der Waals surface area contributed by atoms with Gasteiger partial charge in [0.15, 0.2) is 0 Å². The van der Waals surface area contributed by atoms with Crippen LogP contribution in [0.15, 0.2) is 0 Å². The van der Waals surface area contributed by atoms with Crippen molar-refractivity contribution < 1.29 is 0 Å². The predicted octanol–water partition coefficient (Wildman–Crippen LogP) is 2.92. The molecule has 92 valence electrons. The summed E-state index contributed by atoms with van der Waals surface area (Å²) in [4.78, 5) is 0. The van der Waals surface area contributed by atoms with Crippen molar-refractivity contribution in [2.45, 2.75) is 65.8 Å². The minimum Gasteiger partial charge on any atom is -0.330 e. The van der Waals surface area contributed by atoms with Crippen LogP contribution in [0, 0.1) is 5.41 Å². The number of rotatable bonds is 8. The molecule has 0 fully saturated rings. The highest BCUT2D eigenvalue weighted by Crippen LogP contribution is 2.18. The van der Waals surface area contributed by atoms with Crippen molar-refractivity contribution in [2.75, 3.05) is 13.1 Å². The Labute approximate surface area is 96.0 Å². The summed E-state index contributed by atoms with van der Waals surface area (Å²) in [5.41, 5.74) is 5.82. The fraction of sp³-hybridized carbons (Fsp3) is 1.00. The SMILES string of the molecule is CC(NCCCCCCCN)C(C)(C)C. The van der Waals surface area contributed by atoms with Crippen LogP contribution in [-0.4, -0.2) is 19.1 Å². The smallest absolute Gasteiger partial charge is 0.00872 e. The van der Waals surface area contributed by atoms with E-state index >= 15 is 0 Å². The average Bonchev–Trinajstić information content (AvgIpc) is 2.14. The summed E-state index contributed by atoms with van der Waals surface area (Å²) in [6.07, 6.45) is 6.45. The van der Waals surface area contributed by atoms with E-state index < -0.39 is 0 Å². The van der Waals surface area contributed by atoms with Gasteiger partial charge < -0.3 is 11.1 Å². The van der Waals surface area contributed by atoms with Gasteiger partial charge in [0, 0.05) is 6.04 Å². The molecule has 0 amide bonds. The van der Waals surface area contributed by atoms with Crippen molar-refractivity contribution in [2.24, 2.45) is 11.1 Å². The molecule has 0 spiro atoms. The molecule has 0 saturated carbocycles. The van der Waals surface area contributed by atoms with E-state index in [4.69, 9.17) is 5.73 Å². The Morgan fingerprint density at radius 1 is 1.00 bits per heavy atom. The third kappa shape index (κ3) is 8.88. The van der Waals surface area contributed by atoms with Crippen LogP contribution in [0.2, 0.25) is 0 Å². The Hall–Kier alpha value is -0.0800. The van der Waals surface area contributed by atoms with Gasteiger partial charge in [0.25, 0.3) is 0 Å². The van der Waals surface area contributed by atoms with Gasteiger partial charge in [0.05, 0.1) is 0 Å². The Balaban J connectivity index is 3.24. The molecule has 0 aliphatic rings. The first-order chi connectivity index (χ1) is 6.98. The van der Waals surface area contributed by atoms with E-state index in [9.17, 15) is 0 Å². The lowest BCUT2D eigenvalue weighted by Crippen LogP contribution is -2.38. The quantitative estimate of drug-likeness (QED) is 0.610. The van der Waals surface area contributed by atoms with Gasteiger partial charge in [-0.15, -0.1) is 0 Å². The van der Waals surface area contributed by atoms with Crippen molar-refractivity contribution >= 4 is 0 Å².